The molecule has 3 nitrogen and oxygen atoms in total. The number of hydrogen-bond acceptors (Lipinski definition) is 5. The predicted molar refractivity (Wildman–Crippen MR) is 95.1 cm³/mol. The van der Waals surface area contributed by atoms with E-state index in [1.54, 1.807) is 10.4 Å². The van der Waals surface area contributed by atoms with E-state index in [9.17, 15) is 0 Å². The van der Waals surface area contributed by atoms with Gasteiger partial charge in [0, 0.05) is 41.8 Å². The predicted octanol–water partition coefficient (Wildman–Crippen LogP) is 2.92. The van der Waals surface area contributed by atoms with Gasteiger partial charge in [0.2, 0.25) is 0 Å². The monoisotopic (exact) mass is 338 g/mol. The van der Waals surface area contributed by atoms with Gasteiger partial charge in [-0.25, -0.2) is 0 Å². The molecule has 0 unspecified atom stereocenters. The normalized spacial score (nSPS) is 33.0. The molecule has 0 spiro atoms. The summed E-state index contributed by atoms with van der Waals surface area (Å²) in [6.07, 6.45) is 5.25. The third-order valence-electron chi connectivity index (χ3n) is 5.49. The fourth-order valence-corrected chi connectivity index (χ4v) is 6.61. The van der Waals surface area contributed by atoms with Crippen LogP contribution in [-0.2, 0) is 11.2 Å². The number of nitrogens with one attached hydrogen (secondary N) is 1. The second kappa shape index (κ2) is 6.81. The summed E-state index contributed by atoms with van der Waals surface area (Å²) in [5.74, 6) is 2.59. The van der Waals surface area contributed by atoms with Crippen molar-refractivity contribution in [3.8, 4) is 0 Å². The Morgan fingerprint density at radius 2 is 2.27 bits per heavy atom. The van der Waals surface area contributed by atoms with Crippen molar-refractivity contribution in [3.05, 3.63) is 21.9 Å². The van der Waals surface area contributed by atoms with E-state index in [1.165, 1.54) is 37.2 Å². The first kappa shape index (κ1) is 15.5. The van der Waals surface area contributed by atoms with Crippen LogP contribution < -0.4 is 5.32 Å². The van der Waals surface area contributed by atoms with Crippen LogP contribution in [0.5, 0.6) is 0 Å². The summed E-state index contributed by atoms with van der Waals surface area (Å²) in [7, 11) is 0. The average molecular weight is 339 g/mol. The van der Waals surface area contributed by atoms with Crippen molar-refractivity contribution in [3.63, 3.8) is 0 Å². The third kappa shape index (κ3) is 2.98. The molecule has 122 valence electrons. The van der Waals surface area contributed by atoms with E-state index in [-0.39, 0.29) is 0 Å². The van der Waals surface area contributed by atoms with Gasteiger partial charge >= 0.3 is 0 Å². The van der Waals surface area contributed by atoms with Crippen molar-refractivity contribution in [1.82, 2.24) is 10.2 Å². The molecule has 0 bridgehead atoms. The van der Waals surface area contributed by atoms with E-state index < -0.39 is 0 Å². The van der Waals surface area contributed by atoms with Crippen LogP contribution in [0.1, 0.15) is 35.7 Å². The van der Waals surface area contributed by atoms with Gasteiger partial charge in [0.1, 0.15) is 0 Å². The molecule has 1 aliphatic carbocycles. The van der Waals surface area contributed by atoms with Gasteiger partial charge in [-0.2, -0.15) is 11.8 Å². The molecule has 1 aromatic heterocycles. The molecule has 0 radical (unpaired) electrons. The number of nitrogens with zero attached hydrogens (tertiary/aromatic N) is 1. The van der Waals surface area contributed by atoms with Crippen molar-refractivity contribution in [2.45, 2.75) is 37.3 Å². The fourth-order valence-electron chi connectivity index (χ4n) is 4.15. The summed E-state index contributed by atoms with van der Waals surface area (Å²) >= 11 is 4.07. The lowest BCUT2D eigenvalue weighted by Crippen LogP contribution is -2.58. The Morgan fingerprint density at radius 3 is 3.09 bits per heavy atom. The molecule has 2 aliphatic heterocycles. The summed E-state index contributed by atoms with van der Waals surface area (Å²) in [4.78, 5) is 4.32. The summed E-state index contributed by atoms with van der Waals surface area (Å²) < 4.78 is 5.57. The maximum atomic E-state index is 5.57. The number of fused-ring (bicyclic) bond motifs is 1. The Bertz CT molecular complexity index is 493. The molecule has 3 heterocycles. The molecular weight excluding hydrogens is 312 g/mol. The molecule has 5 heteroatoms. The van der Waals surface area contributed by atoms with Crippen molar-refractivity contribution in [1.29, 1.82) is 0 Å². The number of aryl methyl sites for hydroxylation is 1. The van der Waals surface area contributed by atoms with Gasteiger partial charge in [-0.1, -0.05) is 0 Å². The van der Waals surface area contributed by atoms with Gasteiger partial charge in [-0.05, 0) is 48.4 Å². The molecule has 22 heavy (non-hydrogen) atoms. The number of thioether (sulfide) groups is 1. The van der Waals surface area contributed by atoms with Crippen molar-refractivity contribution < 1.29 is 4.74 Å². The second-order valence-electron chi connectivity index (χ2n) is 6.75. The highest BCUT2D eigenvalue weighted by Crippen LogP contribution is 2.37. The third-order valence-corrected chi connectivity index (χ3v) is 7.72. The standard InChI is InChI=1S/C17H26N2OS2/c1-2-15(14-4-10-22-16(14)3-1)18-12-17(5-11-21-13-17)19-6-8-20-9-7-19/h4,10,15,18H,1-3,5-9,11-13H2/t15-,17+/m1/s1. The van der Waals surface area contributed by atoms with E-state index in [0.29, 0.717) is 11.6 Å². The molecule has 0 aromatic carbocycles. The Balaban J connectivity index is 1.45. The van der Waals surface area contributed by atoms with Crippen LogP contribution in [0.25, 0.3) is 0 Å². The molecular formula is C17H26N2OS2. The maximum absolute atomic E-state index is 5.57. The minimum absolute atomic E-state index is 0.363. The van der Waals surface area contributed by atoms with Crippen LogP contribution in [0, 0.1) is 0 Å². The average Bonchev–Trinajstić information content (AvgIpc) is 3.24. The number of thiophene rings is 1. The minimum atomic E-state index is 0.363. The first-order valence-electron chi connectivity index (χ1n) is 8.58. The highest BCUT2D eigenvalue weighted by Gasteiger charge is 2.41. The summed E-state index contributed by atoms with van der Waals surface area (Å²) in [6.45, 7) is 5.17. The van der Waals surface area contributed by atoms with Gasteiger partial charge in [-0.15, -0.1) is 11.3 Å². The minimum Gasteiger partial charge on any atom is -0.379 e. The smallest absolute Gasteiger partial charge is 0.0594 e. The highest BCUT2D eigenvalue weighted by atomic mass is 32.2. The van der Waals surface area contributed by atoms with Crippen LogP contribution in [0.4, 0.5) is 0 Å². The first-order valence-corrected chi connectivity index (χ1v) is 10.6. The topological polar surface area (TPSA) is 24.5 Å². The molecule has 0 saturated carbocycles. The van der Waals surface area contributed by atoms with Gasteiger partial charge in [-0.3, -0.25) is 4.90 Å². The summed E-state index contributed by atoms with van der Waals surface area (Å²) in [5, 5.41) is 6.23. The SMILES string of the molecule is c1cc2c(s1)CCC[C@H]2NC[C@@]1(N2CCOCC2)CCSC1. The molecule has 2 fully saturated rings. The van der Waals surface area contributed by atoms with Crippen molar-refractivity contribution in [2.75, 3.05) is 44.4 Å². The van der Waals surface area contributed by atoms with Crippen LogP contribution >= 0.6 is 23.1 Å². The van der Waals surface area contributed by atoms with E-state index in [1.807, 2.05) is 11.3 Å². The molecule has 1 aromatic rings. The van der Waals surface area contributed by atoms with Gasteiger partial charge < -0.3 is 10.1 Å². The first-order chi connectivity index (χ1) is 10.9. The quantitative estimate of drug-likeness (QED) is 0.912. The zero-order valence-corrected chi connectivity index (χ0v) is 14.8. The van der Waals surface area contributed by atoms with E-state index >= 15 is 0 Å². The fraction of sp³-hybridized carbons (Fsp3) is 0.765. The lowest BCUT2D eigenvalue weighted by molar-refractivity contribution is -0.0142. The molecule has 2 atom stereocenters. The Morgan fingerprint density at radius 1 is 1.36 bits per heavy atom. The lowest BCUT2D eigenvalue weighted by atomic mass is 9.91. The summed E-state index contributed by atoms with van der Waals surface area (Å²) in [6, 6.07) is 2.93. The lowest BCUT2D eigenvalue weighted by Gasteiger charge is -2.44. The molecule has 1 N–H and O–H groups in total. The van der Waals surface area contributed by atoms with Crippen LogP contribution in [0.3, 0.4) is 0 Å². The van der Waals surface area contributed by atoms with Crippen molar-refractivity contribution in [2.24, 2.45) is 0 Å². The largest absolute Gasteiger partial charge is 0.379 e. The molecule has 0 amide bonds. The van der Waals surface area contributed by atoms with Crippen LogP contribution in [-0.4, -0.2) is 54.8 Å². The van der Waals surface area contributed by atoms with Gasteiger partial charge in [0.25, 0.3) is 0 Å². The zero-order chi connectivity index (χ0) is 14.8. The van der Waals surface area contributed by atoms with E-state index in [2.05, 4.69) is 33.4 Å². The highest BCUT2D eigenvalue weighted by molar-refractivity contribution is 7.99. The Labute approximate surface area is 141 Å². The van der Waals surface area contributed by atoms with Crippen LogP contribution in [0.2, 0.25) is 0 Å². The second-order valence-corrected chi connectivity index (χ2v) is 8.86. The summed E-state index contributed by atoms with van der Waals surface area (Å²) in [5.41, 5.74) is 1.95. The molecule has 2 saturated heterocycles. The van der Waals surface area contributed by atoms with E-state index in [0.717, 1.165) is 32.8 Å². The number of morpholine rings is 1. The Kier molecular flexibility index (Phi) is 4.79. The van der Waals surface area contributed by atoms with Crippen LogP contribution in [0.15, 0.2) is 11.4 Å². The zero-order valence-electron chi connectivity index (χ0n) is 13.2. The molecule has 4 rings (SSSR count). The van der Waals surface area contributed by atoms with E-state index in [4.69, 9.17) is 4.74 Å². The maximum Gasteiger partial charge on any atom is 0.0594 e. The van der Waals surface area contributed by atoms with Gasteiger partial charge in [0.15, 0.2) is 0 Å². The Hall–Kier alpha value is -0.0700. The number of rotatable bonds is 4. The number of ether oxygens (including phenoxy) is 1. The van der Waals surface area contributed by atoms with Crippen molar-refractivity contribution >= 4 is 23.1 Å². The van der Waals surface area contributed by atoms with Gasteiger partial charge in [0.05, 0.1) is 13.2 Å². The number of hydrogen-bond donors (Lipinski definition) is 1. The molecule has 3 aliphatic rings.